The predicted octanol–water partition coefficient (Wildman–Crippen LogP) is 2.29. The molecule has 0 radical (unpaired) electrons. The number of fused-ring (bicyclic) bond motifs is 4. The van der Waals surface area contributed by atoms with Crippen LogP contribution >= 0.6 is 0 Å². The second kappa shape index (κ2) is 7.52. The first kappa shape index (κ1) is 19.8. The lowest BCUT2D eigenvalue weighted by molar-refractivity contribution is -0.0295. The van der Waals surface area contributed by atoms with Crippen LogP contribution in [0.1, 0.15) is 44.1 Å². The number of hydrogen-bond donors (Lipinski definition) is 1. The Morgan fingerprint density at radius 1 is 1.21 bits per heavy atom. The van der Waals surface area contributed by atoms with Crippen molar-refractivity contribution in [2.24, 2.45) is 5.92 Å². The molecule has 1 aromatic rings. The van der Waals surface area contributed by atoms with Crippen molar-refractivity contribution in [2.75, 3.05) is 32.6 Å². The first-order valence-electron chi connectivity index (χ1n) is 11.0. The summed E-state index contributed by atoms with van der Waals surface area (Å²) in [6.07, 6.45) is 7.94. The van der Waals surface area contributed by atoms with Crippen LogP contribution in [0.4, 0.5) is 0 Å². The van der Waals surface area contributed by atoms with Crippen LogP contribution < -0.4 is 9.46 Å². The normalized spacial score (nSPS) is 37.7. The Labute approximate surface area is 174 Å². The average molecular weight is 421 g/mol. The van der Waals surface area contributed by atoms with Crippen molar-refractivity contribution >= 4 is 10.0 Å². The molecule has 1 N–H and O–H groups in total. The van der Waals surface area contributed by atoms with Gasteiger partial charge in [0.2, 0.25) is 10.0 Å². The van der Waals surface area contributed by atoms with E-state index in [0.29, 0.717) is 19.1 Å². The maximum atomic E-state index is 11.9. The average Bonchev–Trinajstić information content (AvgIpc) is 3.40. The molecule has 5 aliphatic rings. The third-order valence-electron chi connectivity index (χ3n) is 7.51. The molecule has 160 valence electrons. The summed E-state index contributed by atoms with van der Waals surface area (Å²) in [4.78, 5) is 2.36. The van der Waals surface area contributed by atoms with E-state index in [-0.39, 0.29) is 23.6 Å². The van der Waals surface area contributed by atoms with Crippen molar-refractivity contribution in [1.82, 2.24) is 9.62 Å². The molecule has 2 aliphatic carbocycles. The molecular formula is C22H32N2O4S. The van der Waals surface area contributed by atoms with Crippen LogP contribution in [0.5, 0.6) is 5.75 Å². The van der Waals surface area contributed by atoms with Gasteiger partial charge in [-0.1, -0.05) is 18.2 Å². The lowest BCUT2D eigenvalue weighted by Gasteiger charge is -2.41. The molecule has 0 amide bonds. The Balaban J connectivity index is 1.41. The number of ether oxygens (including phenoxy) is 2. The molecule has 1 aromatic carbocycles. The van der Waals surface area contributed by atoms with Crippen molar-refractivity contribution in [3.8, 4) is 5.75 Å². The molecule has 6 nitrogen and oxygen atoms in total. The van der Waals surface area contributed by atoms with Crippen LogP contribution in [0.15, 0.2) is 24.3 Å². The third kappa shape index (κ3) is 3.94. The number of nitrogens with one attached hydrogen (secondary N) is 1. The lowest BCUT2D eigenvalue weighted by Crippen LogP contribution is -2.58. The summed E-state index contributed by atoms with van der Waals surface area (Å²) in [5, 5.41) is 0. The van der Waals surface area contributed by atoms with Gasteiger partial charge in [0, 0.05) is 29.6 Å². The van der Waals surface area contributed by atoms with E-state index in [1.165, 1.54) is 18.2 Å². The van der Waals surface area contributed by atoms with Gasteiger partial charge in [0.25, 0.3) is 0 Å². The minimum atomic E-state index is -3.25. The van der Waals surface area contributed by atoms with Gasteiger partial charge in [0.1, 0.15) is 12.4 Å². The van der Waals surface area contributed by atoms with Crippen LogP contribution in [-0.2, 0) is 20.2 Å². The van der Waals surface area contributed by atoms with Gasteiger partial charge >= 0.3 is 0 Å². The van der Waals surface area contributed by atoms with E-state index in [0.717, 1.165) is 50.9 Å². The molecule has 3 heterocycles. The highest BCUT2D eigenvalue weighted by Crippen LogP contribution is 2.64. The lowest BCUT2D eigenvalue weighted by atomic mass is 9.81. The maximum Gasteiger partial charge on any atom is 0.209 e. The fourth-order valence-corrected chi connectivity index (χ4v) is 6.84. The van der Waals surface area contributed by atoms with Gasteiger partial charge in [-0.2, -0.15) is 0 Å². The molecule has 29 heavy (non-hydrogen) atoms. The Morgan fingerprint density at radius 2 is 2.07 bits per heavy atom. The number of sulfonamides is 1. The molecule has 6 rings (SSSR count). The number of para-hydroxylation sites is 1. The number of piperidine rings is 1. The van der Waals surface area contributed by atoms with Crippen molar-refractivity contribution < 1.29 is 17.9 Å². The summed E-state index contributed by atoms with van der Waals surface area (Å²) in [6, 6.07) is 8.53. The summed E-state index contributed by atoms with van der Waals surface area (Å²) < 4.78 is 39.4. The highest BCUT2D eigenvalue weighted by Gasteiger charge is 2.59. The first-order valence-corrected chi connectivity index (χ1v) is 12.9. The second-order valence-corrected chi connectivity index (χ2v) is 11.2. The number of hydrogen-bond acceptors (Lipinski definition) is 5. The summed E-state index contributed by atoms with van der Waals surface area (Å²) in [6.45, 7) is 2.94. The summed E-state index contributed by atoms with van der Waals surface area (Å²) in [5.41, 5.74) is 1.67. The fraction of sp³-hybridized carbons (Fsp3) is 0.727. The van der Waals surface area contributed by atoms with E-state index < -0.39 is 10.0 Å². The van der Waals surface area contributed by atoms with E-state index in [1.54, 1.807) is 0 Å². The van der Waals surface area contributed by atoms with Gasteiger partial charge in [0.05, 0.1) is 19.0 Å². The van der Waals surface area contributed by atoms with E-state index in [1.807, 2.05) is 0 Å². The standard InChI is InChI=1S/C22H32N2O4S/c1-29(25,26)23-19-6-4-10-24-11-12-27-21-7-3-2-5-18(21)22-9-8-17(13-16(22)14-22)28-15-20(19)24/h2-3,5,7,16-17,19-20,23H,4,6,8-15H2,1H3/t16?,17-,19-,20?,22?/m0/s1. The van der Waals surface area contributed by atoms with Crippen molar-refractivity contribution in [3.05, 3.63) is 29.8 Å². The quantitative estimate of drug-likeness (QED) is 0.795. The molecule has 3 aliphatic heterocycles. The van der Waals surface area contributed by atoms with Crippen LogP contribution in [0, 0.1) is 5.92 Å². The largest absolute Gasteiger partial charge is 0.492 e. The van der Waals surface area contributed by atoms with E-state index in [9.17, 15) is 8.42 Å². The zero-order valence-corrected chi connectivity index (χ0v) is 18.0. The topological polar surface area (TPSA) is 67.9 Å². The third-order valence-corrected chi connectivity index (χ3v) is 8.24. The molecular weight excluding hydrogens is 388 g/mol. The predicted molar refractivity (Wildman–Crippen MR) is 112 cm³/mol. The molecule has 1 saturated heterocycles. The van der Waals surface area contributed by atoms with Crippen molar-refractivity contribution in [3.63, 3.8) is 0 Å². The number of nitrogens with zero attached hydrogens (tertiary/aromatic N) is 1. The minimum absolute atomic E-state index is 0.0592. The molecule has 0 aromatic heterocycles. The molecule has 2 bridgehead atoms. The fourth-order valence-electron chi connectivity index (χ4n) is 6.02. The zero-order valence-electron chi connectivity index (χ0n) is 17.2. The number of rotatable bonds is 2. The first-order chi connectivity index (χ1) is 13.9. The Bertz CT molecular complexity index is 860. The van der Waals surface area contributed by atoms with Crippen molar-refractivity contribution in [2.45, 2.75) is 62.1 Å². The Kier molecular flexibility index (Phi) is 5.13. The smallest absolute Gasteiger partial charge is 0.209 e. The van der Waals surface area contributed by atoms with E-state index in [2.05, 4.69) is 33.9 Å². The highest BCUT2D eigenvalue weighted by molar-refractivity contribution is 7.88. The summed E-state index contributed by atoms with van der Waals surface area (Å²) in [7, 11) is -3.25. The maximum absolute atomic E-state index is 11.9. The van der Waals surface area contributed by atoms with E-state index in [4.69, 9.17) is 9.47 Å². The van der Waals surface area contributed by atoms with Gasteiger partial charge in [-0.3, -0.25) is 4.90 Å². The molecule has 7 heteroatoms. The van der Waals surface area contributed by atoms with Crippen molar-refractivity contribution in [1.29, 1.82) is 0 Å². The SMILES string of the molecule is CS(=O)(=O)N[C@H]1CCCN2CCOc3ccccc3C34CC[C@@H](CC3C4)OCC12. The molecule has 3 fully saturated rings. The van der Waals surface area contributed by atoms with Crippen LogP contribution in [0.2, 0.25) is 0 Å². The monoisotopic (exact) mass is 420 g/mol. The molecule has 2 saturated carbocycles. The van der Waals surface area contributed by atoms with Crippen LogP contribution in [-0.4, -0.2) is 64.1 Å². The Hall–Kier alpha value is -1.15. The zero-order chi connectivity index (χ0) is 20.1. The van der Waals surface area contributed by atoms with Gasteiger partial charge in [-0.05, 0) is 57.1 Å². The molecule has 5 atom stereocenters. The minimum Gasteiger partial charge on any atom is -0.492 e. The molecule has 1 spiro atoms. The summed E-state index contributed by atoms with van der Waals surface area (Å²) >= 11 is 0. The van der Waals surface area contributed by atoms with Crippen LogP contribution in [0.25, 0.3) is 0 Å². The van der Waals surface area contributed by atoms with E-state index >= 15 is 0 Å². The van der Waals surface area contributed by atoms with Gasteiger partial charge in [-0.25, -0.2) is 13.1 Å². The van der Waals surface area contributed by atoms with Gasteiger partial charge in [0.15, 0.2) is 0 Å². The molecule has 3 unspecified atom stereocenters. The van der Waals surface area contributed by atoms with Gasteiger partial charge < -0.3 is 9.47 Å². The Morgan fingerprint density at radius 3 is 2.90 bits per heavy atom. The van der Waals surface area contributed by atoms with Gasteiger partial charge in [-0.15, -0.1) is 0 Å². The summed E-state index contributed by atoms with van der Waals surface area (Å²) in [5.74, 6) is 1.71. The highest BCUT2D eigenvalue weighted by atomic mass is 32.2. The van der Waals surface area contributed by atoms with Crippen LogP contribution in [0.3, 0.4) is 0 Å². The second-order valence-electron chi connectivity index (χ2n) is 9.37. The number of benzene rings is 1.